The van der Waals surface area contributed by atoms with Crippen LogP contribution >= 0.6 is 0 Å². The van der Waals surface area contributed by atoms with Gasteiger partial charge in [-0.15, -0.1) is 0 Å². The van der Waals surface area contributed by atoms with Gasteiger partial charge >= 0.3 is 0 Å². The summed E-state index contributed by atoms with van der Waals surface area (Å²) in [6.45, 7) is 6.89. The topological polar surface area (TPSA) is 49.3 Å². The minimum absolute atomic E-state index is 0.000245. The lowest BCUT2D eigenvalue weighted by atomic mass is 10.0. The van der Waals surface area contributed by atoms with Crippen molar-refractivity contribution in [3.05, 3.63) is 59.2 Å². The number of likely N-dealkylation sites (tertiary alicyclic amines) is 1. The van der Waals surface area contributed by atoms with Crippen molar-refractivity contribution < 1.29 is 4.79 Å². The molecule has 5 nitrogen and oxygen atoms in total. The predicted molar refractivity (Wildman–Crippen MR) is 108 cm³/mol. The minimum Gasteiger partial charge on any atom is -0.336 e. The maximum atomic E-state index is 12.9. The number of carbonyl (C=O) groups excluding carboxylic acids is 1. The molecule has 1 fully saturated rings. The Morgan fingerprint density at radius 1 is 1.22 bits per heavy atom. The molecular weight excluding hydrogens is 336 g/mol. The van der Waals surface area contributed by atoms with E-state index < -0.39 is 0 Å². The van der Waals surface area contributed by atoms with E-state index in [-0.39, 0.29) is 11.9 Å². The van der Waals surface area contributed by atoms with Crippen LogP contribution in [0.3, 0.4) is 0 Å². The van der Waals surface area contributed by atoms with Gasteiger partial charge in [-0.1, -0.05) is 30.3 Å². The number of hydrogen-bond donors (Lipinski definition) is 0. The molecule has 0 aliphatic carbocycles. The van der Waals surface area contributed by atoms with Gasteiger partial charge in [-0.2, -0.15) is 0 Å². The van der Waals surface area contributed by atoms with Crippen molar-refractivity contribution in [1.82, 2.24) is 19.8 Å². The minimum atomic E-state index is -0.000245. The Bertz CT molecular complexity index is 742. The third-order valence-electron chi connectivity index (χ3n) is 5.32. The molecule has 1 aliphatic heterocycles. The van der Waals surface area contributed by atoms with Gasteiger partial charge in [0.1, 0.15) is 11.5 Å². The third-order valence-corrected chi connectivity index (χ3v) is 5.32. The highest BCUT2D eigenvalue weighted by Gasteiger charge is 2.27. The molecule has 1 aromatic heterocycles. The van der Waals surface area contributed by atoms with Gasteiger partial charge in [0.05, 0.1) is 0 Å². The van der Waals surface area contributed by atoms with Crippen molar-refractivity contribution in [3.63, 3.8) is 0 Å². The normalized spacial score (nSPS) is 17.7. The fourth-order valence-electron chi connectivity index (χ4n) is 3.87. The summed E-state index contributed by atoms with van der Waals surface area (Å²) < 4.78 is 0. The number of hydrogen-bond acceptors (Lipinski definition) is 4. The van der Waals surface area contributed by atoms with Crippen LogP contribution < -0.4 is 0 Å². The number of benzene rings is 1. The lowest BCUT2D eigenvalue weighted by Crippen LogP contribution is -2.49. The first kappa shape index (κ1) is 19.5. The lowest BCUT2D eigenvalue weighted by Gasteiger charge is -2.37. The Balaban J connectivity index is 1.54. The van der Waals surface area contributed by atoms with Crippen LogP contribution in [-0.4, -0.2) is 58.4 Å². The Morgan fingerprint density at radius 2 is 2.00 bits per heavy atom. The van der Waals surface area contributed by atoms with Crippen molar-refractivity contribution in [1.29, 1.82) is 0 Å². The van der Waals surface area contributed by atoms with Crippen LogP contribution in [0.15, 0.2) is 36.4 Å². The van der Waals surface area contributed by atoms with Crippen LogP contribution in [0.4, 0.5) is 0 Å². The van der Waals surface area contributed by atoms with E-state index in [4.69, 9.17) is 0 Å². The molecule has 5 heteroatoms. The Kier molecular flexibility index (Phi) is 6.56. The molecule has 1 saturated heterocycles. The van der Waals surface area contributed by atoms with Crippen molar-refractivity contribution in [2.75, 3.05) is 26.7 Å². The summed E-state index contributed by atoms with van der Waals surface area (Å²) in [5.41, 5.74) is 2.74. The summed E-state index contributed by atoms with van der Waals surface area (Å²) in [6.07, 6.45) is 4.45. The highest BCUT2D eigenvalue weighted by molar-refractivity contribution is 5.92. The summed E-state index contributed by atoms with van der Waals surface area (Å²) in [5.74, 6) is 0.651. The first-order valence-corrected chi connectivity index (χ1v) is 9.88. The molecule has 2 aromatic rings. The summed E-state index contributed by atoms with van der Waals surface area (Å²) in [5, 5.41) is 0. The second kappa shape index (κ2) is 9.09. The monoisotopic (exact) mass is 366 g/mol. The van der Waals surface area contributed by atoms with Crippen LogP contribution in [0.5, 0.6) is 0 Å². The van der Waals surface area contributed by atoms with E-state index in [9.17, 15) is 4.79 Å². The van der Waals surface area contributed by atoms with Crippen LogP contribution in [0.1, 0.15) is 46.8 Å². The molecule has 0 spiro atoms. The fraction of sp³-hybridized carbons (Fsp3) is 0.500. The molecule has 3 rings (SSSR count). The van der Waals surface area contributed by atoms with Gasteiger partial charge in [0.25, 0.3) is 5.91 Å². The molecule has 1 aromatic carbocycles. The fourth-order valence-corrected chi connectivity index (χ4v) is 3.87. The average Bonchev–Trinajstić information content (AvgIpc) is 2.67. The highest BCUT2D eigenvalue weighted by atomic mass is 16.2. The Labute approximate surface area is 162 Å². The predicted octanol–water partition coefficient (Wildman–Crippen LogP) is 3.26. The number of rotatable bonds is 6. The van der Waals surface area contributed by atoms with Gasteiger partial charge < -0.3 is 9.80 Å². The van der Waals surface area contributed by atoms with Crippen LogP contribution in [0.2, 0.25) is 0 Å². The lowest BCUT2D eigenvalue weighted by molar-refractivity contribution is 0.0610. The molecule has 27 heavy (non-hydrogen) atoms. The van der Waals surface area contributed by atoms with E-state index >= 15 is 0 Å². The molecule has 2 heterocycles. The van der Waals surface area contributed by atoms with Gasteiger partial charge in [0, 0.05) is 25.3 Å². The van der Waals surface area contributed by atoms with Crippen molar-refractivity contribution in [3.8, 4) is 0 Å². The maximum absolute atomic E-state index is 12.9. The maximum Gasteiger partial charge on any atom is 0.272 e. The van der Waals surface area contributed by atoms with E-state index in [0.29, 0.717) is 11.5 Å². The molecule has 1 aliphatic rings. The van der Waals surface area contributed by atoms with E-state index in [1.165, 1.54) is 5.56 Å². The molecule has 0 bridgehead atoms. The summed E-state index contributed by atoms with van der Waals surface area (Å²) in [6, 6.07) is 12.7. The van der Waals surface area contributed by atoms with Gasteiger partial charge in [-0.3, -0.25) is 4.79 Å². The van der Waals surface area contributed by atoms with Gasteiger partial charge in [0.2, 0.25) is 0 Å². The number of amides is 1. The molecular formula is C22H30N4O. The Hall–Kier alpha value is -2.27. The summed E-state index contributed by atoms with van der Waals surface area (Å²) in [4.78, 5) is 25.9. The zero-order valence-electron chi connectivity index (χ0n) is 16.7. The third kappa shape index (κ3) is 5.36. The van der Waals surface area contributed by atoms with Crippen molar-refractivity contribution in [2.24, 2.45) is 0 Å². The molecule has 1 atom stereocenters. The van der Waals surface area contributed by atoms with Crippen LogP contribution in [0, 0.1) is 13.8 Å². The number of aromatic nitrogens is 2. The molecule has 1 amide bonds. The average molecular weight is 367 g/mol. The highest BCUT2D eigenvalue weighted by Crippen LogP contribution is 2.17. The molecule has 0 saturated carbocycles. The zero-order valence-corrected chi connectivity index (χ0v) is 16.7. The number of likely N-dealkylation sites (N-methyl/N-ethyl adjacent to an activating group) is 1. The quantitative estimate of drug-likeness (QED) is 0.787. The molecule has 0 radical (unpaired) electrons. The summed E-state index contributed by atoms with van der Waals surface area (Å²) >= 11 is 0. The first-order chi connectivity index (χ1) is 13.0. The standard InChI is InChI=1S/C22H30N4O/c1-17-15-21(24-18(2)23-17)22(27)25(3)20-12-8-14-26(16-20)13-7-11-19-9-5-4-6-10-19/h4-6,9-10,15,20H,7-8,11-14,16H2,1-3H3/t20-/m1/s1. The SMILES string of the molecule is Cc1cc(C(=O)N(C)[C@@H]2CCCN(CCCc3ccccc3)C2)nc(C)n1. The number of nitrogens with zero attached hydrogens (tertiary/aromatic N) is 4. The van der Waals surface area contributed by atoms with E-state index in [2.05, 4.69) is 45.2 Å². The Morgan fingerprint density at radius 3 is 2.74 bits per heavy atom. The van der Waals surface area contributed by atoms with Crippen molar-refractivity contribution >= 4 is 5.91 Å². The molecule has 0 N–H and O–H groups in total. The first-order valence-electron chi connectivity index (χ1n) is 9.88. The van der Waals surface area contributed by atoms with E-state index in [1.807, 2.05) is 25.8 Å². The molecule has 0 unspecified atom stereocenters. The van der Waals surface area contributed by atoms with E-state index in [0.717, 1.165) is 51.0 Å². The van der Waals surface area contributed by atoms with Crippen molar-refractivity contribution in [2.45, 2.75) is 45.6 Å². The summed E-state index contributed by atoms with van der Waals surface area (Å²) in [7, 11) is 1.91. The number of carbonyl (C=O) groups is 1. The van der Waals surface area contributed by atoms with Crippen LogP contribution in [-0.2, 0) is 6.42 Å². The zero-order chi connectivity index (χ0) is 19.2. The van der Waals surface area contributed by atoms with Crippen LogP contribution in [0.25, 0.3) is 0 Å². The molecule has 144 valence electrons. The van der Waals surface area contributed by atoms with Gasteiger partial charge in [-0.05, 0) is 64.3 Å². The second-order valence-electron chi connectivity index (χ2n) is 7.54. The van der Waals surface area contributed by atoms with Gasteiger partial charge in [-0.25, -0.2) is 9.97 Å². The van der Waals surface area contributed by atoms with Gasteiger partial charge in [0.15, 0.2) is 0 Å². The number of aryl methyl sites for hydroxylation is 3. The van der Waals surface area contributed by atoms with E-state index in [1.54, 1.807) is 6.07 Å². The smallest absolute Gasteiger partial charge is 0.272 e. The number of piperidine rings is 1. The largest absolute Gasteiger partial charge is 0.336 e. The second-order valence-corrected chi connectivity index (χ2v) is 7.54.